The molecule has 22 aromatic rings. The SMILES string of the molecule is CCc1cccc(N(c2cc(-c3c(C)cccc3C)ccc2C)c2cc(N(c3cccc(CC)c3)c3cc(-c4c(C)cccc4C)ccc3C)c3ccc4cc(C(C)(C)C)cc5ccc2c3c54)c1.Cc1ccc(-c2c(C)cccc2C)cc1N(c1cccc(-c2ccccc2)c1)c1cc(N(c2cccc(-c3ccccc3)c2)c2cc(-c3c(C)cccc3C)ccc2C)c2ccc3cc(C(C)(C)C)cc4ccc1c2c43. The minimum Gasteiger partial charge on any atom is -0.309 e. The highest BCUT2D eigenvalue weighted by molar-refractivity contribution is 6.31. The summed E-state index contributed by atoms with van der Waals surface area (Å²) in [7, 11) is 0. The molecule has 0 radical (unpaired) electrons. The first-order valence-electron chi connectivity index (χ1n) is 51.4. The van der Waals surface area contributed by atoms with Crippen molar-refractivity contribution in [1.29, 1.82) is 0 Å². The van der Waals surface area contributed by atoms with Gasteiger partial charge in [0.25, 0.3) is 0 Å². The van der Waals surface area contributed by atoms with Crippen molar-refractivity contribution in [3.8, 4) is 66.8 Å². The largest absolute Gasteiger partial charge is 0.309 e. The van der Waals surface area contributed by atoms with Crippen molar-refractivity contribution in [2.24, 2.45) is 0 Å². The monoisotopic (exact) mass is 1870 g/mol. The average molecular weight is 1870 g/mol. The molecular weight excluding hydrogens is 1740 g/mol. The summed E-state index contributed by atoms with van der Waals surface area (Å²) in [5.74, 6) is 0. The molecule has 4 nitrogen and oxygen atoms in total. The average Bonchev–Trinajstić information content (AvgIpc) is 0.710. The standard InChI is InChI=1S/C74H64N2.C66H64N2/c1-47-32-34-59(70-49(3)20-16-21-50(70)4)44-66(47)75(62-30-18-28-55(42-62)53-24-12-10-13-25-53)68-46-69(65-39-37-58-41-61(74(7,8)9)40-57-36-38-64(68)73(65)72(57)58)76(63-31-19-29-56(43-63)54-26-14-11-15-27-54)67-45-60(35-33-48(67)2)71-51(5)22-17-23-52(71)6;1-12-47-22-16-24-54(34-47)67(58-38-51(28-26-41(58)3)62-43(5)18-14-19-44(62)6)60-40-61(57-33-31-50-37-53(66(9,10)11)36-49-30-32-56(60)65(57)64(49)50)68(55-25-17-23-48(13-2)35-55)59-39-52(29-27-42(59)4)63-45(7)20-15-21-46(63)8/h10-46H,1-9H3;14-40H,12-13H2,1-11H3. The Bertz CT molecular complexity index is 8150. The topological polar surface area (TPSA) is 13.0 Å². The maximum Gasteiger partial charge on any atom is 0.0561 e. The van der Waals surface area contributed by atoms with Crippen LogP contribution in [-0.4, -0.2) is 0 Å². The van der Waals surface area contributed by atoms with Crippen LogP contribution in [0, 0.1) is 83.1 Å². The van der Waals surface area contributed by atoms with Gasteiger partial charge in [0, 0.05) is 77.8 Å². The number of nitrogens with zero attached hydrogens (tertiary/aromatic N) is 4. The van der Waals surface area contributed by atoms with Crippen LogP contribution in [0.25, 0.3) is 131 Å². The van der Waals surface area contributed by atoms with E-state index in [-0.39, 0.29) is 10.8 Å². The van der Waals surface area contributed by atoms with Gasteiger partial charge in [-0.3, -0.25) is 0 Å². The first-order chi connectivity index (χ1) is 69.5. The molecule has 0 aliphatic rings. The zero-order chi connectivity index (χ0) is 100. The number of hydrogen-bond donors (Lipinski definition) is 0. The maximum absolute atomic E-state index is 2.57. The van der Waals surface area contributed by atoms with E-state index in [9.17, 15) is 0 Å². The zero-order valence-electron chi connectivity index (χ0n) is 87.2. The molecule has 0 N–H and O–H groups in total. The van der Waals surface area contributed by atoms with Crippen LogP contribution in [0.5, 0.6) is 0 Å². The van der Waals surface area contributed by atoms with E-state index < -0.39 is 0 Å². The zero-order valence-corrected chi connectivity index (χ0v) is 87.2. The molecule has 0 aliphatic carbocycles. The fourth-order valence-corrected chi connectivity index (χ4v) is 22.8. The lowest BCUT2D eigenvalue weighted by molar-refractivity contribution is 0.591. The highest BCUT2D eigenvalue weighted by Gasteiger charge is 2.33. The first kappa shape index (κ1) is 94.4. The molecule has 0 fully saturated rings. The third-order valence-electron chi connectivity index (χ3n) is 30.5. The molecule has 0 saturated carbocycles. The summed E-state index contributed by atoms with van der Waals surface area (Å²) in [6.07, 6.45) is 1.89. The lowest BCUT2D eigenvalue weighted by atomic mass is 9.83. The summed E-state index contributed by atoms with van der Waals surface area (Å²) in [4.78, 5) is 10.3. The van der Waals surface area contributed by atoms with Crippen LogP contribution in [0.4, 0.5) is 68.2 Å². The third-order valence-corrected chi connectivity index (χ3v) is 30.5. The molecule has 0 aromatic heterocycles. The van der Waals surface area contributed by atoms with Crippen molar-refractivity contribution >= 4 is 133 Å². The second kappa shape index (κ2) is 38.2. The summed E-state index contributed by atoms with van der Waals surface area (Å²) in [5, 5.41) is 15.0. The van der Waals surface area contributed by atoms with Gasteiger partial charge in [-0.25, -0.2) is 0 Å². The van der Waals surface area contributed by atoms with E-state index in [4.69, 9.17) is 0 Å². The Morgan fingerprint density at radius 2 is 0.410 bits per heavy atom. The summed E-state index contributed by atoms with van der Waals surface area (Å²) in [6.45, 7) is 45.4. The summed E-state index contributed by atoms with van der Waals surface area (Å²) < 4.78 is 0. The van der Waals surface area contributed by atoms with Gasteiger partial charge >= 0.3 is 0 Å². The molecule has 0 unspecified atom stereocenters. The van der Waals surface area contributed by atoms with Crippen molar-refractivity contribution in [1.82, 2.24) is 0 Å². The van der Waals surface area contributed by atoms with E-state index >= 15 is 0 Å². The fourth-order valence-electron chi connectivity index (χ4n) is 22.8. The Labute approximate surface area is 852 Å². The predicted molar refractivity (Wildman–Crippen MR) is 625 cm³/mol. The Hall–Kier alpha value is -15.9. The van der Waals surface area contributed by atoms with Gasteiger partial charge < -0.3 is 19.6 Å². The van der Waals surface area contributed by atoms with Crippen LogP contribution in [0.1, 0.15) is 144 Å². The Morgan fingerprint density at radius 1 is 0.174 bits per heavy atom. The molecular formula is C140H128N4. The van der Waals surface area contributed by atoms with Crippen molar-refractivity contribution in [2.45, 2.75) is 162 Å². The molecule has 4 heteroatoms. The second-order valence-corrected chi connectivity index (χ2v) is 42.4. The number of anilines is 12. The number of benzene rings is 22. The normalized spacial score (nSPS) is 11.8. The van der Waals surface area contributed by atoms with Gasteiger partial charge in [0.05, 0.1) is 22.7 Å². The lowest BCUT2D eigenvalue weighted by Gasteiger charge is -2.34. The van der Waals surface area contributed by atoms with Gasteiger partial charge in [-0.15, -0.1) is 0 Å². The molecule has 0 atom stereocenters. The molecule has 0 heterocycles. The number of aryl methyl sites for hydroxylation is 14. The van der Waals surface area contributed by atoms with E-state index in [0.717, 1.165) is 80.8 Å². The van der Waals surface area contributed by atoms with Crippen molar-refractivity contribution in [2.75, 3.05) is 19.6 Å². The Morgan fingerprint density at radius 3 is 0.660 bits per heavy atom. The maximum atomic E-state index is 2.57. The number of rotatable bonds is 20. The van der Waals surface area contributed by atoms with Crippen molar-refractivity contribution in [3.63, 3.8) is 0 Å². The van der Waals surface area contributed by atoms with E-state index in [1.807, 2.05) is 0 Å². The molecule has 144 heavy (non-hydrogen) atoms. The molecule has 0 amide bonds. The smallest absolute Gasteiger partial charge is 0.0561 e. The van der Waals surface area contributed by atoms with Gasteiger partial charge in [-0.1, -0.05) is 359 Å². The molecule has 22 rings (SSSR count). The predicted octanol–water partition coefficient (Wildman–Crippen LogP) is 40.5. The summed E-state index contributed by atoms with van der Waals surface area (Å²) in [6, 6.07) is 147. The van der Waals surface area contributed by atoms with E-state index in [1.54, 1.807) is 0 Å². The van der Waals surface area contributed by atoms with Gasteiger partial charge in [0.2, 0.25) is 0 Å². The van der Waals surface area contributed by atoms with Crippen LogP contribution in [0.2, 0.25) is 0 Å². The van der Waals surface area contributed by atoms with E-state index in [1.165, 1.54) is 221 Å². The summed E-state index contributed by atoms with van der Waals surface area (Å²) >= 11 is 0. The van der Waals surface area contributed by atoms with Crippen molar-refractivity contribution < 1.29 is 0 Å². The molecule has 708 valence electrons. The quantitative estimate of drug-likeness (QED) is 0.0705. The van der Waals surface area contributed by atoms with E-state index in [0.29, 0.717) is 0 Å². The summed E-state index contributed by atoms with van der Waals surface area (Å²) in [5.41, 5.74) is 48.5. The molecule has 0 spiro atoms. The molecule has 0 saturated heterocycles. The fraction of sp³-hybridized carbons (Fsp3) is 0.171. The molecule has 22 aromatic carbocycles. The minimum absolute atomic E-state index is 0.00102. The van der Waals surface area contributed by atoms with Crippen LogP contribution in [0.15, 0.2) is 388 Å². The van der Waals surface area contributed by atoms with Crippen LogP contribution in [0.3, 0.4) is 0 Å². The Kier molecular flexibility index (Phi) is 25.0. The van der Waals surface area contributed by atoms with Gasteiger partial charge in [-0.05, 0) is 380 Å². The van der Waals surface area contributed by atoms with Gasteiger partial charge in [0.15, 0.2) is 0 Å². The highest BCUT2D eigenvalue weighted by Crippen LogP contribution is 2.57. The van der Waals surface area contributed by atoms with E-state index in [2.05, 4.69) is 546 Å². The molecule has 0 bridgehead atoms. The van der Waals surface area contributed by atoms with Crippen molar-refractivity contribution in [3.05, 3.63) is 477 Å². The second-order valence-electron chi connectivity index (χ2n) is 42.4. The van der Waals surface area contributed by atoms with Crippen LogP contribution in [-0.2, 0) is 23.7 Å². The highest BCUT2D eigenvalue weighted by atomic mass is 15.2. The molecule has 0 aliphatic heterocycles. The number of hydrogen-bond acceptors (Lipinski definition) is 4. The van der Waals surface area contributed by atoms with Gasteiger partial charge in [0.1, 0.15) is 0 Å². The minimum atomic E-state index is -0.0298. The van der Waals surface area contributed by atoms with Crippen LogP contribution >= 0.6 is 0 Å². The Balaban J connectivity index is 0.000000171. The third kappa shape index (κ3) is 17.5. The van der Waals surface area contributed by atoms with Gasteiger partial charge in [-0.2, -0.15) is 0 Å². The lowest BCUT2D eigenvalue weighted by Crippen LogP contribution is -2.16. The first-order valence-corrected chi connectivity index (χ1v) is 51.4. The van der Waals surface area contributed by atoms with Crippen LogP contribution < -0.4 is 19.6 Å².